The molecule has 0 unspecified atom stereocenters. The molecule has 1 aliphatic carbocycles. The Labute approximate surface area is 149 Å². The Hall–Kier alpha value is -2.36. The fraction of sp³-hybridized carbons (Fsp3) is 0.429. The Bertz CT molecular complexity index is 765. The number of nitrogens with one attached hydrogen (secondary N) is 1. The number of hydrogen-bond acceptors (Lipinski definition) is 3. The van der Waals surface area contributed by atoms with Gasteiger partial charge in [0.05, 0.1) is 0 Å². The molecule has 1 aromatic heterocycles. The molecule has 0 spiro atoms. The lowest BCUT2D eigenvalue weighted by atomic mass is 9.90. The Balaban J connectivity index is 1.41. The van der Waals surface area contributed by atoms with Crippen molar-refractivity contribution in [3.8, 4) is 0 Å². The lowest BCUT2D eigenvalue weighted by molar-refractivity contribution is 0.0950. The van der Waals surface area contributed by atoms with Crippen LogP contribution in [0.2, 0.25) is 0 Å². The molecule has 0 saturated carbocycles. The second kappa shape index (κ2) is 7.26. The fourth-order valence-corrected chi connectivity index (χ4v) is 3.85. The number of nitrogens with zero attached hydrogens (tertiary/aromatic N) is 2. The van der Waals surface area contributed by atoms with E-state index >= 15 is 0 Å². The minimum absolute atomic E-state index is 0.00732. The van der Waals surface area contributed by atoms with Gasteiger partial charge in [-0.25, -0.2) is 4.98 Å². The third-order valence-electron chi connectivity index (χ3n) is 5.30. The third kappa shape index (κ3) is 3.68. The smallest absolute Gasteiger partial charge is 0.251 e. The van der Waals surface area contributed by atoms with E-state index in [1.54, 1.807) is 0 Å². The van der Waals surface area contributed by atoms with Crippen LogP contribution in [-0.2, 0) is 19.4 Å². The number of carbonyl (C=O) groups is 1. The minimum Gasteiger partial charge on any atom is -0.357 e. The van der Waals surface area contributed by atoms with Gasteiger partial charge in [-0.1, -0.05) is 6.07 Å². The summed E-state index contributed by atoms with van der Waals surface area (Å²) < 4.78 is 0. The van der Waals surface area contributed by atoms with Gasteiger partial charge in [-0.3, -0.25) is 4.79 Å². The first-order valence-electron chi connectivity index (χ1n) is 9.39. The number of hydrogen-bond donors (Lipinski definition) is 1. The molecule has 4 heteroatoms. The van der Waals surface area contributed by atoms with Crippen LogP contribution < -0.4 is 10.2 Å². The molecule has 1 N–H and O–H groups in total. The number of aryl methyl sites for hydroxylation is 2. The zero-order valence-corrected chi connectivity index (χ0v) is 14.6. The number of amides is 1. The molecule has 130 valence electrons. The standard InChI is InChI=1S/C21H25N3O/c25-21(19-8-7-17-5-1-2-6-18(17)14-19)23-15-16-9-10-22-20(13-16)24-11-3-4-12-24/h7-10,13-14H,1-6,11-12,15H2,(H,23,25). The van der Waals surface area contributed by atoms with Crippen molar-refractivity contribution in [2.75, 3.05) is 18.0 Å². The molecule has 0 bridgehead atoms. The zero-order valence-electron chi connectivity index (χ0n) is 14.6. The summed E-state index contributed by atoms with van der Waals surface area (Å²) in [6.45, 7) is 2.70. The number of pyridine rings is 1. The van der Waals surface area contributed by atoms with Crippen LogP contribution in [0.3, 0.4) is 0 Å². The number of aromatic nitrogens is 1. The predicted octanol–water partition coefficient (Wildman–Crippen LogP) is 3.49. The summed E-state index contributed by atoms with van der Waals surface area (Å²) in [5.41, 5.74) is 4.63. The van der Waals surface area contributed by atoms with Crippen molar-refractivity contribution in [3.05, 3.63) is 58.8 Å². The predicted molar refractivity (Wildman–Crippen MR) is 99.9 cm³/mol. The lowest BCUT2D eigenvalue weighted by Crippen LogP contribution is -2.24. The molecular weight excluding hydrogens is 310 g/mol. The van der Waals surface area contributed by atoms with E-state index in [-0.39, 0.29) is 5.91 Å². The number of rotatable bonds is 4. The van der Waals surface area contributed by atoms with E-state index in [4.69, 9.17) is 0 Å². The second-order valence-corrected chi connectivity index (χ2v) is 7.09. The summed E-state index contributed by atoms with van der Waals surface area (Å²) in [6.07, 6.45) is 9.05. The van der Waals surface area contributed by atoms with Crippen molar-refractivity contribution in [2.24, 2.45) is 0 Å². The van der Waals surface area contributed by atoms with E-state index in [9.17, 15) is 4.79 Å². The summed E-state index contributed by atoms with van der Waals surface area (Å²) in [5.74, 6) is 1.03. The van der Waals surface area contributed by atoms with Gasteiger partial charge in [-0.2, -0.15) is 0 Å². The van der Waals surface area contributed by atoms with Crippen LogP contribution >= 0.6 is 0 Å². The van der Waals surface area contributed by atoms with Crippen LogP contribution in [0.15, 0.2) is 36.5 Å². The Morgan fingerprint density at radius 3 is 2.64 bits per heavy atom. The average Bonchev–Trinajstić information content (AvgIpc) is 3.21. The first-order valence-corrected chi connectivity index (χ1v) is 9.39. The van der Waals surface area contributed by atoms with Gasteiger partial charge in [0.1, 0.15) is 5.82 Å². The zero-order chi connectivity index (χ0) is 17.1. The summed E-state index contributed by atoms with van der Waals surface area (Å²) in [5, 5.41) is 3.05. The van der Waals surface area contributed by atoms with Gasteiger partial charge >= 0.3 is 0 Å². The van der Waals surface area contributed by atoms with Gasteiger partial charge < -0.3 is 10.2 Å². The van der Waals surface area contributed by atoms with Crippen LogP contribution in [0.4, 0.5) is 5.82 Å². The summed E-state index contributed by atoms with van der Waals surface area (Å²) in [4.78, 5) is 19.3. The first kappa shape index (κ1) is 16.1. The maximum absolute atomic E-state index is 12.5. The maximum atomic E-state index is 12.5. The first-order chi connectivity index (χ1) is 12.3. The summed E-state index contributed by atoms with van der Waals surface area (Å²) in [6, 6.07) is 10.2. The van der Waals surface area contributed by atoms with E-state index in [0.29, 0.717) is 6.54 Å². The third-order valence-corrected chi connectivity index (χ3v) is 5.30. The molecule has 2 heterocycles. The highest BCUT2D eigenvalue weighted by molar-refractivity contribution is 5.94. The number of carbonyl (C=O) groups excluding carboxylic acids is 1. The molecule has 1 aliphatic heterocycles. The van der Waals surface area contributed by atoms with Crippen LogP contribution in [0, 0.1) is 0 Å². The SMILES string of the molecule is O=C(NCc1ccnc(N2CCCC2)c1)c1ccc2c(c1)CCCC2. The molecule has 2 aromatic rings. The van der Waals surface area contributed by atoms with Gasteiger partial charge in [-0.15, -0.1) is 0 Å². The van der Waals surface area contributed by atoms with Crippen molar-refractivity contribution in [3.63, 3.8) is 0 Å². The van der Waals surface area contributed by atoms with Crippen LogP contribution in [-0.4, -0.2) is 24.0 Å². The highest BCUT2D eigenvalue weighted by atomic mass is 16.1. The normalized spacial score (nSPS) is 16.6. The lowest BCUT2D eigenvalue weighted by Gasteiger charge is -2.17. The Morgan fingerprint density at radius 1 is 1.00 bits per heavy atom. The second-order valence-electron chi connectivity index (χ2n) is 7.09. The monoisotopic (exact) mass is 335 g/mol. The molecule has 0 radical (unpaired) electrons. The highest BCUT2D eigenvalue weighted by Crippen LogP contribution is 2.22. The molecule has 4 nitrogen and oxygen atoms in total. The van der Waals surface area contributed by atoms with Crippen LogP contribution in [0.5, 0.6) is 0 Å². The van der Waals surface area contributed by atoms with E-state index in [2.05, 4.69) is 33.4 Å². The van der Waals surface area contributed by atoms with E-state index in [1.807, 2.05) is 18.3 Å². The molecule has 1 fully saturated rings. The van der Waals surface area contributed by atoms with Crippen LogP contribution in [0.25, 0.3) is 0 Å². The number of benzene rings is 1. The Morgan fingerprint density at radius 2 is 1.80 bits per heavy atom. The molecule has 4 rings (SSSR count). The van der Waals surface area contributed by atoms with E-state index in [0.717, 1.165) is 42.9 Å². The van der Waals surface area contributed by atoms with E-state index < -0.39 is 0 Å². The Kier molecular flexibility index (Phi) is 4.68. The quantitative estimate of drug-likeness (QED) is 0.930. The van der Waals surface area contributed by atoms with Crippen molar-refractivity contribution >= 4 is 11.7 Å². The number of anilines is 1. The van der Waals surface area contributed by atoms with Crippen molar-refractivity contribution in [1.29, 1.82) is 0 Å². The summed E-state index contributed by atoms with van der Waals surface area (Å²) >= 11 is 0. The van der Waals surface area contributed by atoms with Gasteiger partial charge in [-0.05, 0) is 79.5 Å². The highest BCUT2D eigenvalue weighted by Gasteiger charge is 2.15. The molecule has 2 aliphatic rings. The molecular formula is C21H25N3O. The van der Waals surface area contributed by atoms with Gasteiger partial charge in [0.25, 0.3) is 5.91 Å². The average molecular weight is 335 g/mol. The van der Waals surface area contributed by atoms with Crippen molar-refractivity contribution < 1.29 is 4.79 Å². The van der Waals surface area contributed by atoms with Crippen molar-refractivity contribution in [1.82, 2.24) is 10.3 Å². The van der Waals surface area contributed by atoms with Gasteiger partial charge in [0, 0.05) is 31.4 Å². The van der Waals surface area contributed by atoms with Gasteiger partial charge in [0.2, 0.25) is 0 Å². The van der Waals surface area contributed by atoms with Gasteiger partial charge in [0.15, 0.2) is 0 Å². The van der Waals surface area contributed by atoms with Crippen molar-refractivity contribution in [2.45, 2.75) is 45.1 Å². The molecule has 25 heavy (non-hydrogen) atoms. The minimum atomic E-state index is 0.00732. The molecule has 1 saturated heterocycles. The van der Waals surface area contributed by atoms with E-state index in [1.165, 1.54) is 36.8 Å². The number of fused-ring (bicyclic) bond motifs is 1. The fourth-order valence-electron chi connectivity index (χ4n) is 3.85. The molecule has 1 amide bonds. The molecule has 0 atom stereocenters. The maximum Gasteiger partial charge on any atom is 0.251 e. The molecule has 1 aromatic carbocycles. The summed E-state index contributed by atoms with van der Waals surface area (Å²) in [7, 11) is 0. The largest absolute Gasteiger partial charge is 0.357 e. The van der Waals surface area contributed by atoms with Crippen LogP contribution in [0.1, 0.15) is 52.7 Å². The topological polar surface area (TPSA) is 45.2 Å².